The first kappa shape index (κ1) is 14.3. The molecular weight excluding hydrogens is 260 g/mol. The number of benzene rings is 1. The van der Waals surface area contributed by atoms with E-state index in [2.05, 4.69) is 27.6 Å². The van der Waals surface area contributed by atoms with Crippen molar-refractivity contribution in [2.45, 2.75) is 51.1 Å². The molecule has 0 amide bonds. The number of rotatable bonds is 4. The number of aryl methyl sites for hydroxylation is 1. The van der Waals surface area contributed by atoms with E-state index in [1.165, 1.54) is 38.5 Å². The number of hydrogen-bond donors (Lipinski definition) is 1. The maximum Gasteiger partial charge on any atom is 0.117 e. The Hall–Kier alpha value is -1.68. The fraction of sp³-hybridized carbons (Fsp3) is 0.529. The van der Waals surface area contributed by atoms with Crippen LogP contribution in [0.1, 0.15) is 44.2 Å². The minimum Gasteiger partial charge on any atom is -0.308 e. The van der Waals surface area contributed by atoms with E-state index in [-0.39, 0.29) is 0 Å². The second kappa shape index (κ2) is 6.85. The molecule has 0 aliphatic heterocycles. The monoisotopic (exact) mass is 284 g/mol. The van der Waals surface area contributed by atoms with Crippen LogP contribution in [-0.4, -0.2) is 21.0 Å². The zero-order chi connectivity index (χ0) is 14.5. The molecule has 1 aliphatic rings. The summed E-state index contributed by atoms with van der Waals surface area (Å²) in [4.78, 5) is 1.67. The molecule has 1 fully saturated rings. The fourth-order valence-electron chi connectivity index (χ4n) is 3.11. The molecule has 0 spiro atoms. The van der Waals surface area contributed by atoms with E-state index in [1.807, 2.05) is 25.2 Å². The highest BCUT2D eigenvalue weighted by Gasteiger charge is 2.15. The molecule has 3 rings (SSSR count). The summed E-state index contributed by atoms with van der Waals surface area (Å²) in [7, 11) is 1.89. The summed E-state index contributed by atoms with van der Waals surface area (Å²) in [6.45, 7) is 0.808. The lowest BCUT2D eigenvalue weighted by molar-refractivity contribution is 0.454. The second-order valence-electron chi connectivity index (χ2n) is 5.92. The Balaban J connectivity index is 1.70. The Labute approximate surface area is 126 Å². The second-order valence-corrected chi connectivity index (χ2v) is 5.92. The summed E-state index contributed by atoms with van der Waals surface area (Å²) in [5.74, 6) is 0. The third-order valence-electron chi connectivity index (χ3n) is 4.24. The zero-order valence-electron chi connectivity index (χ0n) is 12.8. The lowest BCUT2D eigenvalue weighted by atomic mass is 10.1. The van der Waals surface area contributed by atoms with Gasteiger partial charge >= 0.3 is 0 Å². The third-order valence-corrected chi connectivity index (χ3v) is 4.24. The molecular formula is C17H24N4. The standard InChI is InChI=1S/C17H24N4/c1-21-19-16(13-18-15-11-7-2-3-8-12-15)17(20-21)14-9-5-4-6-10-14/h4-6,9-10,15,18H,2-3,7-8,11-13H2,1H3. The van der Waals surface area contributed by atoms with Gasteiger partial charge in [0.15, 0.2) is 0 Å². The van der Waals surface area contributed by atoms with Crippen LogP contribution >= 0.6 is 0 Å². The van der Waals surface area contributed by atoms with Crippen LogP contribution in [0.5, 0.6) is 0 Å². The third kappa shape index (κ3) is 3.70. The molecule has 1 aliphatic carbocycles. The van der Waals surface area contributed by atoms with Gasteiger partial charge in [0.05, 0.1) is 0 Å². The predicted octanol–water partition coefficient (Wildman–Crippen LogP) is 3.29. The Kier molecular flexibility index (Phi) is 4.65. The lowest BCUT2D eigenvalue weighted by Gasteiger charge is -2.15. The van der Waals surface area contributed by atoms with Crippen molar-refractivity contribution < 1.29 is 0 Å². The van der Waals surface area contributed by atoms with Crippen molar-refractivity contribution in [2.24, 2.45) is 7.05 Å². The van der Waals surface area contributed by atoms with E-state index in [0.717, 1.165) is 23.5 Å². The summed E-state index contributed by atoms with van der Waals surface area (Å²) < 4.78 is 0. The topological polar surface area (TPSA) is 42.7 Å². The van der Waals surface area contributed by atoms with Gasteiger partial charge in [-0.2, -0.15) is 15.0 Å². The molecule has 1 aromatic heterocycles. The fourth-order valence-corrected chi connectivity index (χ4v) is 3.11. The van der Waals surface area contributed by atoms with Crippen molar-refractivity contribution in [3.8, 4) is 11.3 Å². The van der Waals surface area contributed by atoms with Gasteiger partial charge in [-0.05, 0) is 12.8 Å². The van der Waals surface area contributed by atoms with Gasteiger partial charge in [-0.25, -0.2) is 0 Å². The van der Waals surface area contributed by atoms with Crippen molar-refractivity contribution in [3.05, 3.63) is 36.0 Å². The number of aromatic nitrogens is 3. The van der Waals surface area contributed by atoms with Crippen LogP contribution in [-0.2, 0) is 13.6 Å². The lowest BCUT2D eigenvalue weighted by Crippen LogP contribution is -2.28. The highest BCUT2D eigenvalue weighted by molar-refractivity contribution is 5.60. The molecule has 0 atom stereocenters. The molecule has 1 aromatic carbocycles. The van der Waals surface area contributed by atoms with Gasteiger partial charge in [0.25, 0.3) is 0 Å². The SMILES string of the molecule is Cn1nc(CNC2CCCCCC2)c(-c2ccccc2)n1. The van der Waals surface area contributed by atoms with Gasteiger partial charge in [0.2, 0.25) is 0 Å². The molecule has 0 radical (unpaired) electrons. The van der Waals surface area contributed by atoms with E-state index < -0.39 is 0 Å². The Morgan fingerprint density at radius 1 is 1.05 bits per heavy atom. The molecule has 112 valence electrons. The van der Waals surface area contributed by atoms with Gasteiger partial charge in [-0.1, -0.05) is 56.0 Å². The van der Waals surface area contributed by atoms with Gasteiger partial charge in [0.1, 0.15) is 11.4 Å². The zero-order valence-corrected chi connectivity index (χ0v) is 12.8. The van der Waals surface area contributed by atoms with E-state index in [9.17, 15) is 0 Å². The Morgan fingerprint density at radius 2 is 1.76 bits per heavy atom. The van der Waals surface area contributed by atoms with Crippen LogP contribution in [0.4, 0.5) is 0 Å². The van der Waals surface area contributed by atoms with Crippen LogP contribution < -0.4 is 5.32 Å². The van der Waals surface area contributed by atoms with Crippen LogP contribution in [0.15, 0.2) is 30.3 Å². The number of hydrogen-bond acceptors (Lipinski definition) is 3. The molecule has 1 heterocycles. The van der Waals surface area contributed by atoms with E-state index in [1.54, 1.807) is 4.80 Å². The van der Waals surface area contributed by atoms with Crippen LogP contribution in [0, 0.1) is 0 Å². The van der Waals surface area contributed by atoms with Crippen molar-refractivity contribution in [2.75, 3.05) is 0 Å². The molecule has 0 unspecified atom stereocenters. The first-order valence-electron chi connectivity index (χ1n) is 8.02. The van der Waals surface area contributed by atoms with E-state index >= 15 is 0 Å². The quantitative estimate of drug-likeness (QED) is 0.876. The van der Waals surface area contributed by atoms with Gasteiger partial charge in [-0.15, -0.1) is 0 Å². The molecule has 1 N–H and O–H groups in total. The molecule has 0 saturated heterocycles. The van der Waals surface area contributed by atoms with Crippen LogP contribution in [0.2, 0.25) is 0 Å². The highest BCUT2D eigenvalue weighted by Crippen LogP contribution is 2.21. The van der Waals surface area contributed by atoms with Gasteiger partial charge in [0, 0.05) is 25.2 Å². The summed E-state index contributed by atoms with van der Waals surface area (Å²) in [5, 5.41) is 12.8. The molecule has 4 heteroatoms. The Bertz CT molecular complexity index is 553. The first-order chi connectivity index (χ1) is 10.3. The smallest absolute Gasteiger partial charge is 0.117 e. The van der Waals surface area contributed by atoms with Crippen molar-refractivity contribution in [1.29, 1.82) is 0 Å². The van der Waals surface area contributed by atoms with Gasteiger partial charge in [-0.3, -0.25) is 0 Å². The summed E-state index contributed by atoms with van der Waals surface area (Å²) in [5.41, 5.74) is 3.19. The highest BCUT2D eigenvalue weighted by atomic mass is 15.5. The van der Waals surface area contributed by atoms with Crippen molar-refractivity contribution >= 4 is 0 Å². The molecule has 1 saturated carbocycles. The molecule has 21 heavy (non-hydrogen) atoms. The summed E-state index contributed by atoms with van der Waals surface area (Å²) >= 11 is 0. The van der Waals surface area contributed by atoms with Crippen LogP contribution in [0.3, 0.4) is 0 Å². The van der Waals surface area contributed by atoms with Crippen molar-refractivity contribution in [1.82, 2.24) is 20.3 Å². The average Bonchev–Trinajstić information content (AvgIpc) is 2.72. The molecule has 2 aromatic rings. The normalized spacial score (nSPS) is 16.8. The average molecular weight is 284 g/mol. The number of nitrogens with zero attached hydrogens (tertiary/aromatic N) is 3. The maximum absolute atomic E-state index is 4.54. The summed E-state index contributed by atoms with van der Waals surface area (Å²) in [6, 6.07) is 11.0. The summed E-state index contributed by atoms with van der Waals surface area (Å²) in [6.07, 6.45) is 8.06. The van der Waals surface area contributed by atoms with E-state index in [0.29, 0.717) is 6.04 Å². The maximum atomic E-state index is 4.54. The minimum atomic E-state index is 0.637. The molecule has 4 nitrogen and oxygen atoms in total. The van der Waals surface area contributed by atoms with Gasteiger partial charge < -0.3 is 5.32 Å². The first-order valence-corrected chi connectivity index (χ1v) is 8.02. The minimum absolute atomic E-state index is 0.637. The molecule has 0 bridgehead atoms. The Morgan fingerprint density at radius 3 is 2.48 bits per heavy atom. The van der Waals surface area contributed by atoms with E-state index in [4.69, 9.17) is 0 Å². The largest absolute Gasteiger partial charge is 0.308 e. The van der Waals surface area contributed by atoms with Crippen molar-refractivity contribution in [3.63, 3.8) is 0 Å². The van der Waals surface area contributed by atoms with Crippen LogP contribution in [0.25, 0.3) is 11.3 Å². The predicted molar refractivity (Wildman–Crippen MR) is 84.8 cm³/mol. The number of nitrogens with one attached hydrogen (secondary N) is 1.